The SMILES string of the molecule is COc1ccc(C)cc1C(F)(F)C(C)N. The van der Waals surface area contributed by atoms with Gasteiger partial charge in [-0.3, -0.25) is 0 Å². The van der Waals surface area contributed by atoms with Crippen molar-refractivity contribution < 1.29 is 13.5 Å². The Morgan fingerprint density at radius 1 is 1.40 bits per heavy atom. The predicted octanol–water partition coefficient (Wildman–Crippen LogP) is 2.44. The second kappa shape index (κ2) is 4.14. The molecule has 0 aromatic heterocycles. The van der Waals surface area contributed by atoms with Crippen LogP contribution in [0.1, 0.15) is 18.1 Å². The Hall–Kier alpha value is -1.16. The molecular formula is C11H15F2NO. The molecule has 1 rings (SSSR count). The van der Waals surface area contributed by atoms with E-state index in [9.17, 15) is 8.78 Å². The number of rotatable bonds is 3. The van der Waals surface area contributed by atoms with Crippen LogP contribution in [0.3, 0.4) is 0 Å². The molecule has 15 heavy (non-hydrogen) atoms. The van der Waals surface area contributed by atoms with E-state index in [4.69, 9.17) is 10.5 Å². The minimum Gasteiger partial charge on any atom is -0.496 e. The second-order valence-corrected chi connectivity index (χ2v) is 3.62. The van der Waals surface area contributed by atoms with Crippen molar-refractivity contribution in [2.45, 2.75) is 25.8 Å². The van der Waals surface area contributed by atoms with Gasteiger partial charge in [0.15, 0.2) is 0 Å². The molecule has 2 nitrogen and oxygen atoms in total. The molecule has 1 aromatic carbocycles. The lowest BCUT2D eigenvalue weighted by Gasteiger charge is -2.23. The van der Waals surface area contributed by atoms with Crippen LogP contribution >= 0.6 is 0 Å². The summed E-state index contributed by atoms with van der Waals surface area (Å²) in [4.78, 5) is 0. The first kappa shape index (κ1) is 11.9. The fourth-order valence-electron chi connectivity index (χ4n) is 1.33. The summed E-state index contributed by atoms with van der Waals surface area (Å²) >= 11 is 0. The average Bonchev–Trinajstić information content (AvgIpc) is 2.17. The van der Waals surface area contributed by atoms with Crippen molar-refractivity contribution in [3.8, 4) is 5.75 Å². The summed E-state index contributed by atoms with van der Waals surface area (Å²) in [7, 11) is 1.37. The highest BCUT2D eigenvalue weighted by molar-refractivity contribution is 5.40. The first-order valence-corrected chi connectivity index (χ1v) is 4.68. The van der Waals surface area contributed by atoms with Crippen molar-refractivity contribution in [1.82, 2.24) is 0 Å². The smallest absolute Gasteiger partial charge is 0.291 e. The molecule has 4 heteroatoms. The second-order valence-electron chi connectivity index (χ2n) is 3.62. The van der Waals surface area contributed by atoms with E-state index in [1.54, 1.807) is 13.0 Å². The van der Waals surface area contributed by atoms with Crippen molar-refractivity contribution in [3.63, 3.8) is 0 Å². The third kappa shape index (κ3) is 2.26. The molecule has 0 saturated carbocycles. The number of alkyl halides is 2. The van der Waals surface area contributed by atoms with Crippen molar-refractivity contribution in [3.05, 3.63) is 29.3 Å². The number of benzene rings is 1. The van der Waals surface area contributed by atoms with E-state index < -0.39 is 12.0 Å². The standard InChI is InChI=1S/C11H15F2NO/c1-7-4-5-10(15-3)9(6-7)11(12,13)8(2)14/h4-6,8H,14H2,1-3H3. The molecule has 0 bridgehead atoms. The number of methoxy groups -OCH3 is 1. The number of hydrogen-bond donors (Lipinski definition) is 1. The third-order valence-corrected chi connectivity index (χ3v) is 2.29. The van der Waals surface area contributed by atoms with E-state index in [1.807, 2.05) is 0 Å². The quantitative estimate of drug-likeness (QED) is 0.840. The van der Waals surface area contributed by atoms with Gasteiger partial charge in [0.25, 0.3) is 5.92 Å². The Labute approximate surface area is 88.0 Å². The van der Waals surface area contributed by atoms with E-state index in [1.165, 1.54) is 26.2 Å². The number of hydrogen-bond acceptors (Lipinski definition) is 2. The zero-order valence-electron chi connectivity index (χ0n) is 9.05. The minimum absolute atomic E-state index is 0.153. The predicted molar refractivity (Wildman–Crippen MR) is 55.3 cm³/mol. The zero-order chi connectivity index (χ0) is 11.6. The van der Waals surface area contributed by atoms with Crippen LogP contribution in [0.2, 0.25) is 0 Å². The summed E-state index contributed by atoms with van der Waals surface area (Å²) in [6.45, 7) is 3.03. The molecule has 0 aliphatic carbocycles. The van der Waals surface area contributed by atoms with Gasteiger partial charge < -0.3 is 10.5 Å². The van der Waals surface area contributed by atoms with Gasteiger partial charge in [-0.2, -0.15) is 8.78 Å². The number of nitrogens with two attached hydrogens (primary N) is 1. The summed E-state index contributed by atoms with van der Waals surface area (Å²) in [5.74, 6) is -2.90. The Morgan fingerprint density at radius 2 is 2.00 bits per heavy atom. The van der Waals surface area contributed by atoms with Gasteiger partial charge >= 0.3 is 0 Å². The zero-order valence-corrected chi connectivity index (χ0v) is 9.05. The van der Waals surface area contributed by atoms with Crippen molar-refractivity contribution >= 4 is 0 Å². The van der Waals surface area contributed by atoms with Crippen LogP contribution < -0.4 is 10.5 Å². The Balaban J connectivity index is 3.28. The lowest BCUT2D eigenvalue weighted by atomic mass is 10.00. The highest BCUT2D eigenvalue weighted by Gasteiger charge is 2.38. The van der Waals surface area contributed by atoms with Gasteiger partial charge in [0.05, 0.1) is 18.7 Å². The topological polar surface area (TPSA) is 35.2 Å². The van der Waals surface area contributed by atoms with Crippen LogP contribution in [0.15, 0.2) is 18.2 Å². The maximum atomic E-state index is 13.7. The molecule has 0 aliphatic heterocycles. The van der Waals surface area contributed by atoms with E-state index in [0.29, 0.717) is 0 Å². The van der Waals surface area contributed by atoms with Crippen LogP contribution in [-0.4, -0.2) is 13.2 Å². The summed E-state index contributed by atoms with van der Waals surface area (Å²) in [6, 6.07) is 3.41. The average molecular weight is 215 g/mol. The van der Waals surface area contributed by atoms with E-state index >= 15 is 0 Å². The maximum absolute atomic E-state index is 13.7. The lowest BCUT2D eigenvalue weighted by Crippen LogP contribution is -2.36. The Morgan fingerprint density at radius 3 is 2.47 bits per heavy atom. The molecule has 0 fully saturated rings. The van der Waals surface area contributed by atoms with Gasteiger partial charge in [-0.05, 0) is 26.0 Å². The van der Waals surface area contributed by atoms with Gasteiger partial charge in [-0.1, -0.05) is 11.6 Å². The highest BCUT2D eigenvalue weighted by atomic mass is 19.3. The fraction of sp³-hybridized carbons (Fsp3) is 0.455. The summed E-state index contributed by atoms with van der Waals surface area (Å²) < 4.78 is 32.3. The Bertz CT molecular complexity index is 350. The van der Waals surface area contributed by atoms with Crippen molar-refractivity contribution in [2.24, 2.45) is 5.73 Å². The molecule has 0 amide bonds. The molecule has 2 N–H and O–H groups in total. The van der Waals surface area contributed by atoms with Gasteiger partial charge in [0.2, 0.25) is 0 Å². The maximum Gasteiger partial charge on any atom is 0.291 e. The first-order chi connectivity index (χ1) is 6.89. The largest absolute Gasteiger partial charge is 0.496 e. The molecular weight excluding hydrogens is 200 g/mol. The molecule has 1 aromatic rings. The molecule has 0 saturated heterocycles. The van der Waals surface area contributed by atoms with E-state index in [2.05, 4.69) is 0 Å². The van der Waals surface area contributed by atoms with Gasteiger partial charge in [-0.15, -0.1) is 0 Å². The third-order valence-electron chi connectivity index (χ3n) is 2.29. The monoisotopic (exact) mass is 215 g/mol. The van der Waals surface area contributed by atoms with Crippen molar-refractivity contribution in [1.29, 1.82) is 0 Å². The number of ether oxygens (including phenoxy) is 1. The summed E-state index contributed by atoms with van der Waals surface area (Å²) in [5.41, 5.74) is 5.87. The van der Waals surface area contributed by atoms with E-state index in [0.717, 1.165) is 5.56 Å². The molecule has 0 aliphatic rings. The van der Waals surface area contributed by atoms with Crippen LogP contribution in [0.25, 0.3) is 0 Å². The lowest BCUT2D eigenvalue weighted by molar-refractivity contribution is -0.0276. The molecule has 1 atom stereocenters. The van der Waals surface area contributed by atoms with Gasteiger partial charge in [0, 0.05) is 0 Å². The van der Waals surface area contributed by atoms with Crippen LogP contribution in [0, 0.1) is 6.92 Å². The Kier molecular flexibility index (Phi) is 3.29. The molecule has 0 spiro atoms. The van der Waals surface area contributed by atoms with Gasteiger partial charge in [-0.25, -0.2) is 0 Å². The first-order valence-electron chi connectivity index (χ1n) is 4.68. The van der Waals surface area contributed by atoms with Crippen molar-refractivity contribution in [2.75, 3.05) is 7.11 Å². The fourth-order valence-corrected chi connectivity index (χ4v) is 1.33. The van der Waals surface area contributed by atoms with Crippen LogP contribution in [0.4, 0.5) is 8.78 Å². The van der Waals surface area contributed by atoms with E-state index in [-0.39, 0.29) is 11.3 Å². The molecule has 0 radical (unpaired) electrons. The molecule has 0 heterocycles. The highest BCUT2D eigenvalue weighted by Crippen LogP contribution is 2.37. The van der Waals surface area contributed by atoms with Gasteiger partial charge in [0.1, 0.15) is 5.75 Å². The number of halogens is 2. The van der Waals surface area contributed by atoms with Crippen LogP contribution in [-0.2, 0) is 5.92 Å². The molecule has 1 unspecified atom stereocenters. The normalized spacial score (nSPS) is 13.7. The minimum atomic E-state index is -3.07. The summed E-state index contributed by atoms with van der Waals surface area (Å²) in [5, 5.41) is 0. The number of aryl methyl sites for hydroxylation is 1. The van der Waals surface area contributed by atoms with Crippen LogP contribution in [0.5, 0.6) is 5.75 Å². The summed E-state index contributed by atoms with van der Waals surface area (Å²) in [6.07, 6.45) is 0. The molecule has 84 valence electrons.